The van der Waals surface area contributed by atoms with Crippen LogP contribution in [0.3, 0.4) is 0 Å². The van der Waals surface area contributed by atoms with E-state index in [-0.39, 0.29) is 36.3 Å². The summed E-state index contributed by atoms with van der Waals surface area (Å²) in [6.45, 7) is -0.336. The molecule has 0 aromatic carbocycles. The molecule has 0 aliphatic carbocycles. The molecule has 2 N–H and O–H groups in total. The van der Waals surface area contributed by atoms with Gasteiger partial charge in [-0.05, 0) is 0 Å². The maximum absolute atomic E-state index is 11.0. The third kappa shape index (κ3) is 2.00. The Morgan fingerprint density at radius 1 is 1.47 bits per heavy atom. The standard InChI is InChI=1S/C7H9NO6.Na.H/c1-14-3-8-4(9)2-7(8,5(10)11)6(12)13;;/h2-3H2,1H3,(H,10,11)(H,12,13);;. The average Bonchev–Trinajstić information content (AvgIpc) is 2.08. The van der Waals surface area contributed by atoms with Crippen LogP contribution < -0.4 is 0 Å². The third-order valence-corrected chi connectivity index (χ3v) is 2.13. The Hall–Kier alpha value is -0.630. The summed E-state index contributed by atoms with van der Waals surface area (Å²) in [5.74, 6) is -3.65. The number of carbonyl (C=O) groups is 3. The number of carbonyl (C=O) groups excluding carboxylic acids is 1. The van der Waals surface area contributed by atoms with Crippen LogP contribution in [0.4, 0.5) is 0 Å². The van der Waals surface area contributed by atoms with Gasteiger partial charge in [0.15, 0.2) is 0 Å². The van der Waals surface area contributed by atoms with Crippen molar-refractivity contribution in [3.8, 4) is 0 Å². The maximum atomic E-state index is 11.0. The van der Waals surface area contributed by atoms with Crippen LogP contribution in [0.25, 0.3) is 0 Å². The number of ether oxygens (including phenoxy) is 1. The van der Waals surface area contributed by atoms with Crippen LogP contribution in [-0.4, -0.2) is 81.9 Å². The van der Waals surface area contributed by atoms with E-state index in [4.69, 9.17) is 10.2 Å². The van der Waals surface area contributed by atoms with Gasteiger partial charge in [-0.3, -0.25) is 9.69 Å². The van der Waals surface area contributed by atoms with Crippen molar-refractivity contribution in [2.45, 2.75) is 12.0 Å². The molecule has 0 saturated carbocycles. The molecular formula is C7H10NNaO6. The van der Waals surface area contributed by atoms with Gasteiger partial charge in [0, 0.05) is 7.11 Å². The van der Waals surface area contributed by atoms with Crippen LogP contribution in [0.2, 0.25) is 0 Å². The molecule has 0 aromatic heterocycles. The fourth-order valence-corrected chi connectivity index (χ4v) is 1.32. The molecule has 7 nitrogen and oxygen atoms in total. The van der Waals surface area contributed by atoms with Gasteiger partial charge in [0.25, 0.3) is 0 Å². The van der Waals surface area contributed by atoms with E-state index in [1.165, 1.54) is 7.11 Å². The summed E-state index contributed by atoms with van der Waals surface area (Å²) in [7, 11) is 1.25. The average molecular weight is 227 g/mol. The summed E-state index contributed by atoms with van der Waals surface area (Å²) in [4.78, 5) is 33.1. The summed E-state index contributed by atoms with van der Waals surface area (Å²) in [6.07, 6.45) is -0.527. The molecule has 0 spiro atoms. The topological polar surface area (TPSA) is 104 Å². The molecule has 0 aromatic rings. The van der Waals surface area contributed by atoms with Crippen molar-refractivity contribution >= 4 is 47.4 Å². The molecule has 15 heavy (non-hydrogen) atoms. The van der Waals surface area contributed by atoms with Gasteiger partial charge in [0.2, 0.25) is 11.4 Å². The molecule has 80 valence electrons. The Kier molecular flexibility index (Phi) is 4.72. The first-order valence-electron chi connectivity index (χ1n) is 3.73. The van der Waals surface area contributed by atoms with Crippen molar-refractivity contribution in [1.29, 1.82) is 0 Å². The summed E-state index contributed by atoms with van der Waals surface area (Å²) in [6, 6.07) is 0. The van der Waals surface area contributed by atoms with Gasteiger partial charge in [-0.25, -0.2) is 9.59 Å². The van der Waals surface area contributed by atoms with Gasteiger partial charge in [-0.2, -0.15) is 0 Å². The SMILES string of the molecule is COCN1C(=O)CC1(C(=O)O)C(=O)O.[NaH]. The molecule has 1 aliphatic heterocycles. The molecule has 0 bridgehead atoms. The Balaban J connectivity index is 0.00000196. The zero-order valence-corrected chi connectivity index (χ0v) is 7.39. The van der Waals surface area contributed by atoms with Crippen molar-refractivity contribution in [2.75, 3.05) is 13.8 Å². The number of carboxylic acids is 2. The van der Waals surface area contributed by atoms with Crippen LogP contribution in [-0.2, 0) is 19.1 Å². The van der Waals surface area contributed by atoms with Gasteiger partial charge in [-0.1, -0.05) is 0 Å². The Labute approximate surface area is 107 Å². The first-order valence-corrected chi connectivity index (χ1v) is 3.73. The molecule has 1 rings (SSSR count). The van der Waals surface area contributed by atoms with Crippen LogP contribution in [0, 0.1) is 0 Å². The molecule has 1 fully saturated rings. The fraction of sp³-hybridized carbons (Fsp3) is 0.571. The second-order valence-electron chi connectivity index (χ2n) is 2.89. The number of hydrogen-bond donors (Lipinski definition) is 2. The Bertz CT molecular complexity index is 290. The summed E-state index contributed by atoms with van der Waals surface area (Å²) in [5.41, 5.74) is -2.15. The summed E-state index contributed by atoms with van der Waals surface area (Å²) in [5, 5.41) is 17.5. The zero-order valence-electron chi connectivity index (χ0n) is 7.39. The first kappa shape index (κ1) is 14.4. The van der Waals surface area contributed by atoms with Crippen LogP contribution in [0.15, 0.2) is 0 Å². The van der Waals surface area contributed by atoms with Crippen molar-refractivity contribution in [3.63, 3.8) is 0 Å². The second kappa shape index (κ2) is 4.93. The van der Waals surface area contributed by atoms with E-state index in [2.05, 4.69) is 4.74 Å². The number of likely N-dealkylation sites (tertiary alicyclic amines) is 1. The van der Waals surface area contributed by atoms with Crippen LogP contribution >= 0.6 is 0 Å². The van der Waals surface area contributed by atoms with Gasteiger partial charge < -0.3 is 14.9 Å². The van der Waals surface area contributed by atoms with Crippen molar-refractivity contribution in [2.24, 2.45) is 0 Å². The van der Waals surface area contributed by atoms with E-state index in [0.717, 1.165) is 0 Å². The van der Waals surface area contributed by atoms with Crippen LogP contribution in [0.5, 0.6) is 0 Å². The molecule has 0 unspecified atom stereocenters. The van der Waals surface area contributed by atoms with Gasteiger partial charge in [-0.15, -0.1) is 0 Å². The van der Waals surface area contributed by atoms with Gasteiger partial charge in [0.1, 0.15) is 6.73 Å². The molecule has 1 amide bonds. The number of nitrogens with zero attached hydrogens (tertiary/aromatic N) is 1. The first-order chi connectivity index (χ1) is 6.46. The zero-order chi connectivity index (χ0) is 10.9. The summed E-state index contributed by atoms with van der Waals surface area (Å²) < 4.78 is 4.55. The van der Waals surface area contributed by atoms with E-state index in [1.807, 2.05) is 0 Å². The van der Waals surface area contributed by atoms with E-state index < -0.39 is 29.8 Å². The molecule has 1 saturated heterocycles. The number of amides is 1. The second-order valence-corrected chi connectivity index (χ2v) is 2.89. The van der Waals surface area contributed by atoms with Crippen molar-refractivity contribution in [3.05, 3.63) is 0 Å². The molecule has 1 heterocycles. The van der Waals surface area contributed by atoms with E-state index in [1.54, 1.807) is 0 Å². The van der Waals surface area contributed by atoms with E-state index in [9.17, 15) is 14.4 Å². The van der Waals surface area contributed by atoms with Gasteiger partial charge >= 0.3 is 41.5 Å². The Morgan fingerprint density at radius 2 is 1.93 bits per heavy atom. The minimum atomic E-state index is -2.15. The number of rotatable bonds is 4. The molecule has 0 radical (unpaired) electrons. The van der Waals surface area contributed by atoms with Crippen molar-refractivity contribution in [1.82, 2.24) is 4.90 Å². The number of β-lactam (4-membered cyclic amide) rings is 1. The van der Waals surface area contributed by atoms with E-state index >= 15 is 0 Å². The van der Waals surface area contributed by atoms with E-state index in [0.29, 0.717) is 4.90 Å². The molecule has 8 heteroatoms. The summed E-state index contributed by atoms with van der Waals surface area (Å²) >= 11 is 0. The molecule has 0 atom stereocenters. The number of carboxylic acid groups (broad SMARTS) is 2. The molecule has 1 aliphatic rings. The third-order valence-electron chi connectivity index (χ3n) is 2.13. The number of aliphatic carboxylic acids is 2. The predicted octanol–water partition coefficient (Wildman–Crippen LogP) is -1.92. The Morgan fingerprint density at radius 3 is 2.20 bits per heavy atom. The number of hydrogen-bond acceptors (Lipinski definition) is 4. The normalized spacial score (nSPS) is 17.7. The van der Waals surface area contributed by atoms with Gasteiger partial charge in [0.05, 0.1) is 6.42 Å². The quantitative estimate of drug-likeness (QED) is 0.329. The van der Waals surface area contributed by atoms with Crippen molar-refractivity contribution < 1.29 is 29.3 Å². The minimum absolute atomic E-state index is 0. The predicted molar refractivity (Wildman–Crippen MR) is 48.5 cm³/mol. The fourth-order valence-electron chi connectivity index (χ4n) is 1.32. The monoisotopic (exact) mass is 227 g/mol. The van der Waals surface area contributed by atoms with Crippen LogP contribution in [0.1, 0.15) is 6.42 Å². The number of methoxy groups -OCH3 is 1. The molecular weight excluding hydrogens is 217 g/mol.